The van der Waals surface area contributed by atoms with Gasteiger partial charge in [-0.1, -0.05) is 35.9 Å². The van der Waals surface area contributed by atoms with E-state index in [1.54, 1.807) is 55.5 Å². The van der Waals surface area contributed by atoms with Crippen molar-refractivity contribution in [3.05, 3.63) is 93.8 Å². The molecule has 1 N–H and O–H groups in total. The van der Waals surface area contributed by atoms with Crippen molar-refractivity contribution >= 4 is 29.2 Å². The lowest BCUT2D eigenvalue weighted by Crippen LogP contribution is -2.14. The third kappa shape index (κ3) is 6.31. The van der Waals surface area contributed by atoms with Crippen LogP contribution in [-0.4, -0.2) is 18.5 Å². The predicted molar refractivity (Wildman–Crippen MR) is 122 cm³/mol. The van der Waals surface area contributed by atoms with E-state index < -0.39 is 0 Å². The molecule has 0 aromatic heterocycles. The van der Waals surface area contributed by atoms with Gasteiger partial charge in [0.05, 0.1) is 23.7 Å². The number of benzene rings is 3. The van der Waals surface area contributed by atoms with Crippen molar-refractivity contribution in [2.45, 2.75) is 26.9 Å². The Hall–Kier alpha value is -3.38. The summed E-state index contributed by atoms with van der Waals surface area (Å²) in [5.74, 6) is -0.536. The van der Waals surface area contributed by atoms with Gasteiger partial charge < -0.3 is 14.8 Å². The second kappa shape index (κ2) is 10.8. The highest BCUT2D eigenvalue weighted by Gasteiger charge is 2.14. The Balaban J connectivity index is 1.69. The molecule has 0 aliphatic heterocycles. The number of amides is 1. The smallest absolute Gasteiger partial charge is 0.310 e. The molecule has 0 heterocycles. The number of ether oxygens (including phenoxy) is 2. The van der Waals surface area contributed by atoms with Gasteiger partial charge in [-0.15, -0.1) is 0 Å². The second-order valence-corrected chi connectivity index (χ2v) is 7.55. The fourth-order valence-electron chi connectivity index (χ4n) is 3.07. The zero-order valence-corrected chi connectivity index (χ0v) is 18.5. The van der Waals surface area contributed by atoms with Crippen LogP contribution in [0.3, 0.4) is 0 Å². The number of anilines is 1. The third-order valence-corrected chi connectivity index (χ3v) is 5.00. The van der Waals surface area contributed by atoms with E-state index in [2.05, 4.69) is 5.32 Å². The Morgan fingerprint density at radius 2 is 1.84 bits per heavy atom. The molecule has 166 valence electrons. The highest BCUT2D eigenvalue weighted by atomic mass is 35.5. The van der Waals surface area contributed by atoms with Crippen LogP contribution in [0.1, 0.15) is 34.0 Å². The summed E-state index contributed by atoms with van der Waals surface area (Å²) >= 11 is 6.30. The number of carbonyl (C=O) groups excluding carboxylic acids is 2. The lowest BCUT2D eigenvalue weighted by Gasteiger charge is -2.13. The van der Waals surface area contributed by atoms with Crippen molar-refractivity contribution in [2.75, 3.05) is 11.9 Å². The van der Waals surface area contributed by atoms with Crippen molar-refractivity contribution in [2.24, 2.45) is 0 Å². The van der Waals surface area contributed by atoms with E-state index in [0.717, 1.165) is 5.56 Å². The quantitative estimate of drug-likeness (QED) is 0.441. The molecule has 0 atom stereocenters. The SMILES string of the molecule is CCOC(=O)Cc1ccc(NC(=O)c2cc(OCc3cccc(F)c3)ccc2C)c(Cl)c1. The lowest BCUT2D eigenvalue weighted by molar-refractivity contribution is -0.142. The van der Waals surface area contributed by atoms with Gasteiger partial charge in [0, 0.05) is 5.56 Å². The highest BCUT2D eigenvalue weighted by molar-refractivity contribution is 6.34. The van der Waals surface area contributed by atoms with Gasteiger partial charge in [-0.3, -0.25) is 9.59 Å². The summed E-state index contributed by atoms with van der Waals surface area (Å²) in [4.78, 5) is 24.5. The summed E-state index contributed by atoms with van der Waals surface area (Å²) in [5, 5.41) is 3.11. The van der Waals surface area contributed by atoms with E-state index in [-0.39, 0.29) is 30.7 Å². The van der Waals surface area contributed by atoms with E-state index >= 15 is 0 Å². The molecule has 7 heteroatoms. The highest BCUT2D eigenvalue weighted by Crippen LogP contribution is 2.26. The number of hydrogen-bond donors (Lipinski definition) is 1. The van der Waals surface area contributed by atoms with Crippen molar-refractivity contribution in [1.29, 1.82) is 0 Å². The van der Waals surface area contributed by atoms with Gasteiger partial charge in [-0.25, -0.2) is 4.39 Å². The molecule has 5 nitrogen and oxygen atoms in total. The summed E-state index contributed by atoms with van der Waals surface area (Å²) in [6.07, 6.45) is 0.103. The fraction of sp³-hybridized carbons (Fsp3) is 0.200. The van der Waals surface area contributed by atoms with Crippen LogP contribution in [0.25, 0.3) is 0 Å². The number of hydrogen-bond acceptors (Lipinski definition) is 4. The maximum atomic E-state index is 13.3. The molecule has 0 fully saturated rings. The first-order valence-corrected chi connectivity index (χ1v) is 10.5. The van der Waals surface area contributed by atoms with Crippen molar-refractivity contribution in [1.82, 2.24) is 0 Å². The minimum absolute atomic E-state index is 0.103. The van der Waals surface area contributed by atoms with Crippen LogP contribution >= 0.6 is 11.6 Å². The summed E-state index contributed by atoms with van der Waals surface area (Å²) in [5.41, 5.74) is 2.99. The summed E-state index contributed by atoms with van der Waals surface area (Å²) < 4.78 is 24.0. The van der Waals surface area contributed by atoms with E-state index in [4.69, 9.17) is 21.1 Å². The molecule has 0 saturated carbocycles. The third-order valence-electron chi connectivity index (χ3n) is 4.68. The molecule has 0 aliphatic rings. The Morgan fingerprint density at radius 1 is 1.03 bits per heavy atom. The minimum Gasteiger partial charge on any atom is -0.489 e. The van der Waals surface area contributed by atoms with E-state index in [1.165, 1.54) is 12.1 Å². The molecule has 0 aliphatic carbocycles. The van der Waals surface area contributed by atoms with Crippen LogP contribution < -0.4 is 10.1 Å². The molecule has 32 heavy (non-hydrogen) atoms. The number of aryl methyl sites for hydroxylation is 1. The van der Waals surface area contributed by atoms with Gasteiger partial charge in [0.1, 0.15) is 18.2 Å². The summed E-state index contributed by atoms with van der Waals surface area (Å²) in [6.45, 7) is 4.04. The number of nitrogens with one attached hydrogen (secondary N) is 1. The zero-order chi connectivity index (χ0) is 23.1. The molecule has 1 amide bonds. The number of carbonyl (C=O) groups is 2. The maximum Gasteiger partial charge on any atom is 0.310 e. The molecule has 0 saturated heterocycles. The maximum absolute atomic E-state index is 13.3. The predicted octanol–water partition coefficient (Wildman–Crippen LogP) is 5.72. The first-order chi connectivity index (χ1) is 15.4. The molecule has 3 aromatic carbocycles. The van der Waals surface area contributed by atoms with Crippen LogP contribution in [0, 0.1) is 12.7 Å². The van der Waals surface area contributed by atoms with Crippen LogP contribution in [0.15, 0.2) is 60.7 Å². The molecular formula is C25H23ClFNO4. The Labute approximate surface area is 191 Å². The molecule has 0 unspecified atom stereocenters. The monoisotopic (exact) mass is 455 g/mol. The standard InChI is InChI=1S/C25H23ClFNO4/c1-3-31-24(29)13-17-8-10-23(22(26)12-17)28-25(30)21-14-20(9-7-16(21)2)32-15-18-5-4-6-19(27)11-18/h4-12,14H,3,13,15H2,1-2H3,(H,28,30). The second-order valence-electron chi connectivity index (χ2n) is 7.15. The summed E-state index contributed by atoms with van der Waals surface area (Å²) in [7, 11) is 0. The van der Waals surface area contributed by atoms with E-state index in [0.29, 0.717) is 39.8 Å². The largest absolute Gasteiger partial charge is 0.489 e. The van der Waals surface area contributed by atoms with Gasteiger partial charge in [0.25, 0.3) is 5.91 Å². The summed E-state index contributed by atoms with van der Waals surface area (Å²) in [6, 6.07) is 16.3. The van der Waals surface area contributed by atoms with Crippen molar-refractivity contribution in [3.8, 4) is 5.75 Å². The number of rotatable bonds is 8. The van der Waals surface area contributed by atoms with E-state index in [1.807, 2.05) is 6.92 Å². The zero-order valence-electron chi connectivity index (χ0n) is 17.8. The van der Waals surface area contributed by atoms with Crippen LogP contribution in [0.2, 0.25) is 5.02 Å². The molecular weight excluding hydrogens is 433 g/mol. The topological polar surface area (TPSA) is 64.6 Å². The van der Waals surface area contributed by atoms with Crippen molar-refractivity contribution < 1.29 is 23.5 Å². The molecule has 0 radical (unpaired) electrons. The molecule has 3 aromatic rings. The Morgan fingerprint density at radius 3 is 2.56 bits per heavy atom. The van der Waals surface area contributed by atoms with Crippen LogP contribution in [0.5, 0.6) is 5.75 Å². The number of halogens is 2. The van der Waals surface area contributed by atoms with E-state index in [9.17, 15) is 14.0 Å². The fourth-order valence-corrected chi connectivity index (χ4v) is 3.32. The van der Waals surface area contributed by atoms with Gasteiger partial charge >= 0.3 is 5.97 Å². The Kier molecular flexibility index (Phi) is 7.84. The van der Waals surface area contributed by atoms with Crippen LogP contribution in [0.4, 0.5) is 10.1 Å². The van der Waals surface area contributed by atoms with Gasteiger partial charge in [0.15, 0.2) is 0 Å². The normalized spacial score (nSPS) is 10.5. The Bertz CT molecular complexity index is 1130. The van der Waals surface area contributed by atoms with Crippen LogP contribution in [-0.2, 0) is 22.6 Å². The lowest BCUT2D eigenvalue weighted by atomic mass is 10.1. The first kappa shape index (κ1) is 23.3. The number of esters is 1. The first-order valence-electron chi connectivity index (χ1n) is 10.1. The average Bonchev–Trinajstić information content (AvgIpc) is 2.75. The molecule has 0 bridgehead atoms. The minimum atomic E-state index is -0.348. The van der Waals surface area contributed by atoms with Crippen molar-refractivity contribution in [3.63, 3.8) is 0 Å². The average molecular weight is 456 g/mol. The van der Waals surface area contributed by atoms with Gasteiger partial charge in [-0.2, -0.15) is 0 Å². The van der Waals surface area contributed by atoms with Gasteiger partial charge in [0.2, 0.25) is 0 Å². The molecule has 3 rings (SSSR count). The molecule has 0 spiro atoms. The van der Waals surface area contributed by atoms with Gasteiger partial charge in [-0.05, 0) is 66.9 Å².